The predicted octanol–water partition coefficient (Wildman–Crippen LogP) is 2.40. The number of hydrogen-bond donors (Lipinski definition) is 1. The molecular formula is C18H26N4O2. The second kappa shape index (κ2) is 9.82. The van der Waals surface area contributed by atoms with Crippen LogP contribution in [0.1, 0.15) is 44.0 Å². The molecule has 2 aromatic rings. The van der Waals surface area contributed by atoms with E-state index >= 15 is 0 Å². The van der Waals surface area contributed by atoms with Gasteiger partial charge >= 0.3 is 0 Å². The number of nitrogens with one attached hydrogen (secondary N) is 1. The number of hydrogen-bond acceptors (Lipinski definition) is 5. The van der Waals surface area contributed by atoms with Crippen LogP contribution in [-0.2, 0) is 17.8 Å². The molecule has 0 fully saturated rings. The van der Waals surface area contributed by atoms with Gasteiger partial charge in [-0.15, -0.1) is 0 Å². The van der Waals surface area contributed by atoms with Crippen LogP contribution in [-0.4, -0.2) is 40.6 Å². The summed E-state index contributed by atoms with van der Waals surface area (Å²) in [6, 6.07) is 10.1. The van der Waals surface area contributed by atoms with Crippen molar-refractivity contribution < 1.29 is 9.32 Å². The van der Waals surface area contributed by atoms with Crippen molar-refractivity contribution in [3.05, 3.63) is 47.6 Å². The summed E-state index contributed by atoms with van der Waals surface area (Å²) in [5.74, 6) is 1.26. The summed E-state index contributed by atoms with van der Waals surface area (Å²) in [6.07, 6.45) is 2.55. The maximum atomic E-state index is 11.9. The van der Waals surface area contributed by atoms with Gasteiger partial charge in [-0.3, -0.25) is 9.69 Å². The van der Waals surface area contributed by atoms with Crippen LogP contribution in [0.5, 0.6) is 0 Å². The molecule has 0 unspecified atom stereocenters. The molecule has 0 radical (unpaired) electrons. The molecule has 24 heavy (non-hydrogen) atoms. The number of rotatable bonds is 10. The molecule has 6 nitrogen and oxygen atoms in total. The molecular weight excluding hydrogens is 304 g/mol. The third-order valence-corrected chi connectivity index (χ3v) is 3.55. The quantitative estimate of drug-likeness (QED) is 0.724. The predicted molar refractivity (Wildman–Crippen MR) is 92.4 cm³/mol. The van der Waals surface area contributed by atoms with Crippen molar-refractivity contribution in [1.29, 1.82) is 0 Å². The van der Waals surface area contributed by atoms with E-state index in [-0.39, 0.29) is 5.91 Å². The highest BCUT2D eigenvalue weighted by molar-refractivity contribution is 5.77. The normalized spacial score (nSPS) is 11.0. The van der Waals surface area contributed by atoms with Crippen LogP contribution >= 0.6 is 0 Å². The standard InChI is InChI=1S/C18H26N4O2/c1-3-10-19-17(23)13-22(11-4-2)14-18-20-16(21-24-18)12-15-8-6-5-7-9-15/h5-9H,3-4,10-14H2,1-2H3,(H,19,23). The second-order valence-electron chi connectivity index (χ2n) is 5.83. The number of carbonyl (C=O) groups excluding carboxylic acids is 1. The van der Waals surface area contributed by atoms with Crippen LogP contribution < -0.4 is 5.32 Å². The van der Waals surface area contributed by atoms with Crippen LogP contribution in [0.2, 0.25) is 0 Å². The fourth-order valence-electron chi connectivity index (χ4n) is 2.45. The van der Waals surface area contributed by atoms with Crippen LogP contribution in [0.15, 0.2) is 34.9 Å². The Morgan fingerprint density at radius 3 is 2.71 bits per heavy atom. The first kappa shape index (κ1) is 18.1. The molecule has 1 aromatic carbocycles. The van der Waals surface area contributed by atoms with Crippen molar-refractivity contribution in [1.82, 2.24) is 20.4 Å². The Morgan fingerprint density at radius 1 is 1.21 bits per heavy atom. The highest BCUT2D eigenvalue weighted by atomic mass is 16.5. The average Bonchev–Trinajstić information content (AvgIpc) is 3.01. The summed E-state index contributed by atoms with van der Waals surface area (Å²) in [5, 5.41) is 6.94. The van der Waals surface area contributed by atoms with Gasteiger partial charge in [0.05, 0.1) is 13.1 Å². The minimum Gasteiger partial charge on any atom is -0.355 e. The highest BCUT2D eigenvalue weighted by Crippen LogP contribution is 2.08. The van der Waals surface area contributed by atoms with Crippen LogP contribution in [0, 0.1) is 0 Å². The van der Waals surface area contributed by atoms with Gasteiger partial charge in [0.25, 0.3) is 0 Å². The lowest BCUT2D eigenvalue weighted by Crippen LogP contribution is -2.37. The van der Waals surface area contributed by atoms with E-state index in [0.29, 0.717) is 37.8 Å². The lowest BCUT2D eigenvalue weighted by molar-refractivity contribution is -0.122. The number of benzene rings is 1. The largest absolute Gasteiger partial charge is 0.355 e. The molecule has 0 bridgehead atoms. The van der Waals surface area contributed by atoms with E-state index in [9.17, 15) is 4.79 Å². The Labute approximate surface area is 143 Å². The van der Waals surface area contributed by atoms with Crippen molar-refractivity contribution in [2.75, 3.05) is 19.6 Å². The number of carbonyl (C=O) groups is 1. The Kier molecular flexibility index (Phi) is 7.42. The van der Waals surface area contributed by atoms with Crippen molar-refractivity contribution in [2.24, 2.45) is 0 Å². The molecule has 0 spiro atoms. The smallest absolute Gasteiger partial charge is 0.240 e. The molecule has 0 saturated carbocycles. The van der Waals surface area contributed by atoms with Crippen molar-refractivity contribution in [3.63, 3.8) is 0 Å². The van der Waals surface area contributed by atoms with E-state index in [0.717, 1.165) is 24.9 Å². The summed E-state index contributed by atoms with van der Waals surface area (Å²) >= 11 is 0. The maximum absolute atomic E-state index is 11.9. The second-order valence-corrected chi connectivity index (χ2v) is 5.83. The van der Waals surface area contributed by atoms with Gasteiger partial charge in [-0.1, -0.05) is 49.3 Å². The van der Waals surface area contributed by atoms with Gasteiger partial charge < -0.3 is 9.84 Å². The van der Waals surface area contributed by atoms with E-state index in [2.05, 4.69) is 22.4 Å². The summed E-state index contributed by atoms with van der Waals surface area (Å²) in [7, 11) is 0. The van der Waals surface area contributed by atoms with E-state index in [1.807, 2.05) is 42.2 Å². The monoisotopic (exact) mass is 330 g/mol. The Bertz CT molecular complexity index is 612. The van der Waals surface area contributed by atoms with Gasteiger partial charge in [-0.05, 0) is 24.9 Å². The van der Waals surface area contributed by atoms with Crippen LogP contribution in [0.3, 0.4) is 0 Å². The number of nitrogens with zero attached hydrogens (tertiary/aromatic N) is 3. The average molecular weight is 330 g/mol. The number of amides is 1. The number of aromatic nitrogens is 2. The van der Waals surface area contributed by atoms with E-state index < -0.39 is 0 Å². The lowest BCUT2D eigenvalue weighted by atomic mass is 10.1. The van der Waals surface area contributed by atoms with Crippen LogP contribution in [0.4, 0.5) is 0 Å². The molecule has 0 aliphatic heterocycles. The molecule has 1 amide bonds. The van der Waals surface area contributed by atoms with E-state index in [4.69, 9.17) is 4.52 Å². The van der Waals surface area contributed by atoms with Gasteiger partial charge in [0, 0.05) is 13.0 Å². The van der Waals surface area contributed by atoms with Crippen molar-refractivity contribution >= 4 is 5.91 Å². The molecule has 1 aromatic heterocycles. The van der Waals surface area contributed by atoms with E-state index in [1.54, 1.807) is 0 Å². The fourth-order valence-corrected chi connectivity index (χ4v) is 2.45. The first-order valence-corrected chi connectivity index (χ1v) is 8.55. The van der Waals surface area contributed by atoms with Gasteiger partial charge in [-0.2, -0.15) is 4.98 Å². The molecule has 2 rings (SSSR count). The summed E-state index contributed by atoms with van der Waals surface area (Å²) < 4.78 is 5.34. The molecule has 0 aliphatic rings. The molecule has 1 heterocycles. The molecule has 130 valence electrons. The van der Waals surface area contributed by atoms with Gasteiger partial charge in [0.1, 0.15) is 0 Å². The topological polar surface area (TPSA) is 71.3 Å². The molecule has 1 N–H and O–H groups in total. The third kappa shape index (κ3) is 6.12. The Morgan fingerprint density at radius 2 is 2.00 bits per heavy atom. The van der Waals surface area contributed by atoms with Crippen LogP contribution in [0.25, 0.3) is 0 Å². The molecule has 0 saturated heterocycles. The highest BCUT2D eigenvalue weighted by Gasteiger charge is 2.14. The first-order chi connectivity index (χ1) is 11.7. The maximum Gasteiger partial charge on any atom is 0.240 e. The zero-order chi connectivity index (χ0) is 17.2. The van der Waals surface area contributed by atoms with Gasteiger partial charge in [0.2, 0.25) is 11.8 Å². The minimum atomic E-state index is 0.0364. The lowest BCUT2D eigenvalue weighted by Gasteiger charge is -2.18. The zero-order valence-electron chi connectivity index (χ0n) is 14.5. The van der Waals surface area contributed by atoms with Gasteiger partial charge in [-0.25, -0.2) is 0 Å². The van der Waals surface area contributed by atoms with Crippen molar-refractivity contribution in [3.8, 4) is 0 Å². The third-order valence-electron chi connectivity index (χ3n) is 3.55. The first-order valence-electron chi connectivity index (χ1n) is 8.55. The molecule has 0 aliphatic carbocycles. The Hall–Kier alpha value is -2.21. The summed E-state index contributed by atoms with van der Waals surface area (Å²) in [6.45, 7) is 6.50. The summed E-state index contributed by atoms with van der Waals surface area (Å²) in [4.78, 5) is 18.4. The SMILES string of the molecule is CCCNC(=O)CN(CCC)Cc1nc(Cc2ccccc2)no1. The van der Waals surface area contributed by atoms with Gasteiger partial charge in [0.15, 0.2) is 5.82 Å². The van der Waals surface area contributed by atoms with E-state index in [1.165, 1.54) is 0 Å². The van der Waals surface area contributed by atoms with Crippen molar-refractivity contribution in [2.45, 2.75) is 39.7 Å². The zero-order valence-corrected chi connectivity index (χ0v) is 14.5. The Balaban J connectivity index is 1.91. The minimum absolute atomic E-state index is 0.0364. The fraction of sp³-hybridized carbons (Fsp3) is 0.500. The summed E-state index contributed by atoms with van der Waals surface area (Å²) in [5.41, 5.74) is 1.15. The molecule has 6 heteroatoms. The molecule has 0 atom stereocenters.